The van der Waals surface area contributed by atoms with E-state index in [9.17, 15) is 18.7 Å². The molecule has 0 bridgehead atoms. The van der Waals surface area contributed by atoms with Crippen LogP contribution in [0.4, 0.5) is 8.78 Å². The van der Waals surface area contributed by atoms with Crippen molar-refractivity contribution in [2.24, 2.45) is 0 Å². The van der Waals surface area contributed by atoms with Crippen molar-refractivity contribution in [2.75, 3.05) is 19.9 Å². The Hall–Kier alpha value is -1.80. The van der Waals surface area contributed by atoms with Crippen molar-refractivity contribution < 1.29 is 23.4 Å². The highest BCUT2D eigenvalue weighted by molar-refractivity contribution is 6.53. The number of hydrogen-bond acceptors (Lipinski definition) is 4. The van der Waals surface area contributed by atoms with Crippen molar-refractivity contribution in [3.63, 3.8) is 0 Å². The number of benzene rings is 1. The van der Waals surface area contributed by atoms with E-state index in [4.69, 9.17) is 27.9 Å². The summed E-state index contributed by atoms with van der Waals surface area (Å²) in [5, 5.41) is 12.6. The Kier molecular flexibility index (Phi) is 6.50. The van der Waals surface area contributed by atoms with Gasteiger partial charge in [0, 0.05) is 11.8 Å². The van der Waals surface area contributed by atoms with E-state index in [2.05, 4.69) is 10.3 Å². The van der Waals surface area contributed by atoms with Crippen LogP contribution in [0.25, 0.3) is 11.1 Å². The molecule has 0 spiro atoms. The third-order valence-electron chi connectivity index (χ3n) is 4.54. The molecule has 9 heteroatoms. The summed E-state index contributed by atoms with van der Waals surface area (Å²) in [6.07, 6.45) is 0.284. The van der Waals surface area contributed by atoms with Gasteiger partial charge in [0.1, 0.15) is 12.8 Å². The number of nitrogens with one attached hydrogen (secondary N) is 1. The Morgan fingerprint density at radius 3 is 2.32 bits per heavy atom. The number of halogens is 4. The molecule has 1 aromatic carbocycles. The number of aliphatic hydroxyl groups is 1. The first-order chi connectivity index (χ1) is 13.3. The highest BCUT2D eigenvalue weighted by Crippen LogP contribution is 2.33. The van der Waals surface area contributed by atoms with E-state index >= 15 is 0 Å². The maximum absolute atomic E-state index is 14.3. The molecule has 5 nitrogen and oxygen atoms in total. The lowest BCUT2D eigenvalue weighted by Crippen LogP contribution is -2.43. The number of aromatic nitrogens is 1. The number of carbonyl (C=O) groups excluding carboxylic acids is 1. The molecule has 28 heavy (non-hydrogen) atoms. The quantitative estimate of drug-likeness (QED) is 0.661. The third-order valence-corrected chi connectivity index (χ3v) is 4.94. The van der Waals surface area contributed by atoms with Crippen LogP contribution in [-0.2, 0) is 15.2 Å². The average molecular weight is 431 g/mol. The van der Waals surface area contributed by atoms with Crippen LogP contribution in [0.2, 0.25) is 0 Å². The minimum Gasteiger partial charge on any atom is -0.386 e. The van der Waals surface area contributed by atoms with E-state index in [1.54, 1.807) is 42.6 Å². The van der Waals surface area contributed by atoms with Crippen LogP contribution in [-0.4, -0.2) is 46.8 Å². The van der Waals surface area contributed by atoms with Crippen molar-refractivity contribution in [3.05, 3.63) is 53.9 Å². The summed E-state index contributed by atoms with van der Waals surface area (Å²) in [4.78, 5) is 14.3. The van der Waals surface area contributed by atoms with Gasteiger partial charge in [-0.15, -0.1) is 0 Å². The van der Waals surface area contributed by atoms with Crippen LogP contribution < -0.4 is 5.32 Å². The van der Waals surface area contributed by atoms with Gasteiger partial charge in [0.25, 0.3) is 5.91 Å². The van der Waals surface area contributed by atoms with Gasteiger partial charge in [-0.3, -0.25) is 9.78 Å². The smallest absolute Gasteiger partial charge is 0.253 e. The Bertz CT molecular complexity index is 815. The molecule has 1 saturated heterocycles. The van der Waals surface area contributed by atoms with Gasteiger partial charge in [0.15, 0.2) is 10.5 Å². The molecule has 3 rings (SSSR count). The van der Waals surface area contributed by atoms with Crippen LogP contribution in [0.15, 0.2) is 42.6 Å². The summed E-state index contributed by atoms with van der Waals surface area (Å²) in [5.41, 5.74) is 0.758. The molecule has 2 unspecified atom stereocenters. The molecule has 2 aromatic rings. The van der Waals surface area contributed by atoms with Crippen molar-refractivity contribution in [1.29, 1.82) is 0 Å². The Labute approximate surface area is 170 Å². The van der Waals surface area contributed by atoms with Crippen LogP contribution in [0.5, 0.6) is 0 Å². The predicted molar refractivity (Wildman–Crippen MR) is 102 cm³/mol. The summed E-state index contributed by atoms with van der Waals surface area (Å²) in [5.74, 6) is -0.782. The largest absolute Gasteiger partial charge is 0.386 e. The zero-order valence-corrected chi connectivity index (χ0v) is 16.1. The fourth-order valence-electron chi connectivity index (χ4n) is 2.81. The second-order valence-electron chi connectivity index (χ2n) is 6.53. The monoisotopic (exact) mass is 430 g/mol. The van der Waals surface area contributed by atoms with E-state index in [1.807, 2.05) is 0 Å². The Morgan fingerprint density at radius 2 is 1.86 bits per heavy atom. The summed E-state index contributed by atoms with van der Waals surface area (Å²) in [7, 11) is 0. The van der Waals surface area contributed by atoms with Crippen molar-refractivity contribution in [2.45, 2.75) is 22.7 Å². The topological polar surface area (TPSA) is 71.5 Å². The first-order valence-corrected chi connectivity index (χ1v) is 9.37. The van der Waals surface area contributed by atoms with Gasteiger partial charge in [-0.05, 0) is 17.2 Å². The lowest BCUT2D eigenvalue weighted by Gasteiger charge is -2.32. The number of pyridine rings is 1. The normalized spacial score (nSPS) is 17.6. The highest BCUT2D eigenvalue weighted by Gasteiger charge is 2.42. The van der Waals surface area contributed by atoms with E-state index in [0.29, 0.717) is 11.3 Å². The third kappa shape index (κ3) is 4.43. The predicted octanol–water partition coefficient (Wildman–Crippen LogP) is 3.24. The minimum atomic E-state index is -1.52. The molecule has 2 N–H and O–H groups in total. The molecule has 0 saturated carbocycles. The highest BCUT2D eigenvalue weighted by atomic mass is 35.5. The number of ether oxygens (including phenoxy) is 1. The molecule has 2 heterocycles. The van der Waals surface area contributed by atoms with Crippen LogP contribution in [0.1, 0.15) is 17.4 Å². The second kappa shape index (κ2) is 8.69. The molecule has 1 aliphatic heterocycles. The van der Waals surface area contributed by atoms with E-state index in [-0.39, 0.29) is 13.2 Å². The number of nitrogens with zero attached hydrogens (tertiary/aromatic N) is 1. The van der Waals surface area contributed by atoms with Gasteiger partial charge >= 0.3 is 0 Å². The lowest BCUT2D eigenvalue weighted by molar-refractivity contribution is -0.137. The number of aliphatic hydroxyl groups excluding tert-OH is 1. The van der Waals surface area contributed by atoms with E-state index < -0.39 is 35.2 Å². The number of amides is 1. The molecule has 1 amide bonds. The fraction of sp³-hybridized carbons (Fsp3) is 0.368. The zero-order valence-electron chi connectivity index (χ0n) is 14.6. The number of alkyl halides is 4. The first-order valence-electron chi connectivity index (χ1n) is 8.50. The number of rotatable bonds is 7. The van der Waals surface area contributed by atoms with Gasteiger partial charge in [-0.25, -0.2) is 8.78 Å². The number of hydrogen-bond donors (Lipinski definition) is 2. The molecule has 0 aliphatic carbocycles. The summed E-state index contributed by atoms with van der Waals surface area (Å²) < 4.78 is 32.4. The zero-order chi connectivity index (χ0) is 20.3. The van der Waals surface area contributed by atoms with Crippen molar-refractivity contribution in [3.8, 4) is 11.1 Å². The standard InChI is InChI=1S/C19H18Cl2F2N2O3/c20-17(21)18(27)25-14(7-22)16(26)12-3-1-11(2-4-12)13-5-6-15(24-8-13)19(23)9-28-10-19/h1-6,8,14,16-17,26H,7,9-10H2,(H,25,27). The van der Waals surface area contributed by atoms with Crippen LogP contribution in [0, 0.1) is 0 Å². The van der Waals surface area contributed by atoms with Crippen molar-refractivity contribution >= 4 is 29.1 Å². The van der Waals surface area contributed by atoms with Gasteiger partial charge in [-0.1, -0.05) is 53.5 Å². The Morgan fingerprint density at radius 1 is 1.21 bits per heavy atom. The van der Waals surface area contributed by atoms with Gasteiger partial charge in [0.05, 0.1) is 24.9 Å². The molecule has 1 fully saturated rings. The van der Waals surface area contributed by atoms with Gasteiger partial charge < -0.3 is 15.2 Å². The SMILES string of the molecule is O=C(NC(CF)C(O)c1ccc(-c2ccc(C3(F)COC3)nc2)cc1)C(Cl)Cl. The maximum atomic E-state index is 14.3. The fourth-order valence-corrected chi connectivity index (χ4v) is 2.94. The number of carbonyl (C=O) groups is 1. The molecule has 0 radical (unpaired) electrons. The lowest BCUT2D eigenvalue weighted by atomic mass is 9.97. The first kappa shape index (κ1) is 20.9. The molecule has 1 aliphatic rings. The van der Waals surface area contributed by atoms with Gasteiger partial charge in [0.2, 0.25) is 0 Å². The molecular formula is C19H18Cl2F2N2O3. The van der Waals surface area contributed by atoms with E-state index in [1.165, 1.54) is 0 Å². The molecule has 1 aromatic heterocycles. The molecule has 150 valence electrons. The molecule has 2 atom stereocenters. The summed E-state index contributed by atoms with van der Waals surface area (Å²) >= 11 is 10.9. The molecular weight excluding hydrogens is 413 g/mol. The van der Waals surface area contributed by atoms with Crippen LogP contribution >= 0.6 is 23.2 Å². The second-order valence-corrected chi connectivity index (χ2v) is 7.62. The summed E-state index contributed by atoms with van der Waals surface area (Å²) in [6.45, 7) is -0.978. The van der Waals surface area contributed by atoms with Gasteiger partial charge in [-0.2, -0.15) is 0 Å². The van der Waals surface area contributed by atoms with Crippen LogP contribution in [0.3, 0.4) is 0 Å². The average Bonchev–Trinajstić information content (AvgIpc) is 2.69. The van der Waals surface area contributed by atoms with E-state index in [0.717, 1.165) is 11.1 Å². The van der Waals surface area contributed by atoms with Crippen molar-refractivity contribution in [1.82, 2.24) is 10.3 Å². The maximum Gasteiger partial charge on any atom is 0.253 e. The minimum absolute atomic E-state index is 0.00634. The Balaban J connectivity index is 1.71. The summed E-state index contributed by atoms with van der Waals surface area (Å²) in [6, 6.07) is 8.84.